The average molecular weight is 1540 g/mol. The third kappa shape index (κ3) is 18.0. The number of benzene rings is 3. The molecule has 0 radical (unpaired) electrons. The third-order valence-corrected chi connectivity index (χ3v) is 19.1. The Morgan fingerprint density at radius 1 is 0.514 bits per heavy atom. The number of hydrogen-bond donors (Lipinski definition) is 3. The van der Waals surface area contributed by atoms with E-state index in [0.717, 1.165) is 54.9 Å². The van der Waals surface area contributed by atoms with Crippen LogP contribution < -0.4 is 25.7 Å². The SMILES string of the molecule is C[C@@H](Oc1ccc2c(c1)c(/C=C(\F)c1ccc(C=O)nc1)nn2C1CCCCO1)c1c(Cl)cncc1Cl.C[C@@H](Oc1ccc2c(c1)c(/C=C(\F)c1ccc(CN)nc1)nn2C1CCCCO1)c1c(Cl)cncc1Cl.C[C@@H](Oc1ccc2n[nH]c(/C=C(\F)c3ccc(CN)nc3)c2c1)c1c(Cl)cncc1Cl. The van der Waals surface area contributed by atoms with Crippen LogP contribution in [0.1, 0.15) is 162 Å². The van der Waals surface area contributed by atoms with Crippen LogP contribution in [-0.2, 0) is 22.6 Å². The maximum absolute atomic E-state index is 15.3. The van der Waals surface area contributed by atoms with Crippen molar-refractivity contribution in [3.05, 3.63) is 244 Å². The Labute approximate surface area is 631 Å². The minimum atomic E-state index is -0.531. The zero-order chi connectivity index (χ0) is 73.8. The first-order valence-corrected chi connectivity index (χ1v) is 35.6. The predicted octanol–water partition coefficient (Wildman–Crippen LogP) is 19.9. The maximum atomic E-state index is 15.3. The van der Waals surface area contributed by atoms with E-state index in [2.05, 4.69) is 40.1 Å². The van der Waals surface area contributed by atoms with Gasteiger partial charge in [0.2, 0.25) is 0 Å². The Morgan fingerprint density at radius 2 is 0.905 bits per heavy atom. The maximum Gasteiger partial charge on any atom is 0.168 e. The number of aromatic amines is 1. The second kappa shape index (κ2) is 34.7. The van der Waals surface area contributed by atoms with Crippen molar-refractivity contribution in [2.45, 2.75) is 103 Å². The molecular weight excluding hydrogens is 1470 g/mol. The zero-order valence-electron chi connectivity index (χ0n) is 56.5. The van der Waals surface area contributed by atoms with Crippen LogP contribution in [0.5, 0.6) is 17.2 Å². The van der Waals surface area contributed by atoms with Crippen LogP contribution in [0.3, 0.4) is 0 Å². The minimum Gasteiger partial charge on any atom is -0.486 e. The molecule has 2 aliphatic heterocycles. The van der Waals surface area contributed by atoms with Crippen molar-refractivity contribution in [3.63, 3.8) is 0 Å². The van der Waals surface area contributed by atoms with E-state index < -0.39 is 35.8 Å². The number of pyridine rings is 6. The van der Waals surface area contributed by atoms with Gasteiger partial charge in [-0.2, -0.15) is 15.3 Å². The average Bonchev–Trinajstić information content (AvgIpc) is 1.71. The summed E-state index contributed by atoms with van der Waals surface area (Å²) in [4.78, 5) is 35.1. The monoisotopic (exact) mass is 1540 g/mol. The van der Waals surface area contributed by atoms with Crippen LogP contribution in [0, 0.1) is 0 Å². The van der Waals surface area contributed by atoms with Crippen LogP contribution in [0.25, 0.3) is 68.4 Å². The van der Waals surface area contributed by atoms with Crippen molar-refractivity contribution < 1.29 is 41.7 Å². The zero-order valence-corrected chi connectivity index (χ0v) is 61.1. The number of halogens is 9. The molecule has 0 spiro atoms. The first-order chi connectivity index (χ1) is 50.8. The first kappa shape index (κ1) is 75.3. The Kier molecular flexibility index (Phi) is 24.9. The number of hydrogen-bond acceptors (Lipinski definition) is 17. The molecule has 0 saturated carbocycles. The van der Waals surface area contributed by atoms with Crippen LogP contribution in [-0.4, -0.2) is 79.2 Å². The quantitative estimate of drug-likeness (QED) is 0.0599. The highest BCUT2D eigenvalue weighted by molar-refractivity contribution is 6.37. The fraction of sp³-hybridized carbons (Fsp3) is 0.237. The van der Waals surface area contributed by atoms with E-state index in [1.54, 1.807) is 47.1 Å². The van der Waals surface area contributed by atoms with Gasteiger partial charge in [0.1, 0.15) is 58.7 Å². The topological polar surface area (TPSA) is 257 Å². The summed E-state index contributed by atoms with van der Waals surface area (Å²) in [6.45, 7) is 7.43. The molecule has 2 unspecified atom stereocenters. The van der Waals surface area contributed by atoms with Crippen molar-refractivity contribution in [3.8, 4) is 17.2 Å². The van der Waals surface area contributed by atoms with Gasteiger partial charge in [-0.1, -0.05) is 69.6 Å². The van der Waals surface area contributed by atoms with Gasteiger partial charge in [0, 0.05) is 150 Å². The molecule has 0 bridgehead atoms. The van der Waals surface area contributed by atoms with E-state index in [1.165, 1.54) is 86.1 Å². The lowest BCUT2D eigenvalue weighted by atomic mass is 10.1. The highest BCUT2D eigenvalue weighted by Gasteiger charge is 2.26. The van der Waals surface area contributed by atoms with Crippen molar-refractivity contribution >= 4 is 144 Å². The number of H-pyrrole nitrogens is 1. The van der Waals surface area contributed by atoms with Gasteiger partial charge in [-0.3, -0.25) is 39.8 Å². The van der Waals surface area contributed by atoms with Crippen LogP contribution in [0.4, 0.5) is 13.2 Å². The molecule has 0 amide bonds. The van der Waals surface area contributed by atoms with Gasteiger partial charge >= 0.3 is 0 Å². The van der Waals surface area contributed by atoms with Crippen molar-refractivity contribution in [1.82, 2.24) is 59.7 Å². The van der Waals surface area contributed by atoms with Crippen LogP contribution >= 0.6 is 69.6 Å². The lowest BCUT2D eigenvalue weighted by Gasteiger charge is -2.23. The molecule has 11 heterocycles. The summed E-state index contributed by atoms with van der Waals surface area (Å²) in [5.74, 6) is 0.238. The lowest BCUT2D eigenvalue weighted by Crippen LogP contribution is -2.19. The molecule has 14 rings (SSSR count). The number of aromatic nitrogens is 12. The molecule has 5 atom stereocenters. The Bertz CT molecular complexity index is 5110. The molecule has 540 valence electrons. The number of ether oxygens (including phenoxy) is 5. The van der Waals surface area contributed by atoms with E-state index in [1.807, 2.05) is 61.9 Å². The number of fused-ring (bicyclic) bond motifs is 3. The molecule has 29 heteroatoms. The Morgan fingerprint density at radius 3 is 1.27 bits per heavy atom. The van der Waals surface area contributed by atoms with Gasteiger partial charge in [-0.05, 0) is 150 Å². The van der Waals surface area contributed by atoms with E-state index in [4.69, 9.17) is 115 Å². The number of rotatable bonds is 20. The summed E-state index contributed by atoms with van der Waals surface area (Å²) in [6.07, 6.45) is 22.0. The van der Waals surface area contributed by atoms with E-state index in [9.17, 15) is 9.18 Å². The number of aldehydes is 1. The molecule has 9 aromatic heterocycles. The standard InChI is InChI=1S/C27H26Cl2FN5O2.C27H23Cl2FN4O3.C22H18Cl2FN5O/c1-16(27-21(28)14-32-15-22(27)29)37-19-7-8-25-20(10-19)24(34-35(25)26-4-2-3-9-36-26)11-23(30)17-5-6-18(12-31)33-13-17;1-16(27-21(28)13-31-14-22(27)29)37-19-7-8-25-20(10-19)24(33-34(25)26-4-2-3-9-36-26)11-23(30)17-5-6-18(15-35)32-12-17;1-12(22-17(23)10-27-11-18(22)24)31-15-4-5-20-16(6-15)21(30-29-20)7-19(25)13-2-3-14(8-26)28-9-13/h5-8,10-11,13-16,26H,2-4,9,12,31H2,1H3;5-8,10-16,26H,2-4,9H2,1H3;2-7,9-12H,8,26H2,1H3,(H,29,30)/b2*23-11-;19-7-/t2*16-,26?;12-/m111/s1. The highest BCUT2D eigenvalue weighted by Crippen LogP contribution is 2.40. The Balaban J connectivity index is 0.000000149. The van der Waals surface area contributed by atoms with Gasteiger partial charge in [0.05, 0.1) is 75.2 Å². The smallest absolute Gasteiger partial charge is 0.168 e. The number of carbonyl (C=O) groups is 1. The number of nitrogens with two attached hydrogens (primary N) is 2. The first-order valence-electron chi connectivity index (χ1n) is 33.3. The summed E-state index contributed by atoms with van der Waals surface area (Å²) in [5, 5.41) is 21.2. The van der Waals surface area contributed by atoms with Gasteiger partial charge in [-0.15, -0.1) is 0 Å². The molecule has 2 fully saturated rings. The highest BCUT2D eigenvalue weighted by atomic mass is 35.5. The summed E-state index contributed by atoms with van der Waals surface area (Å²) >= 11 is 37.7. The van der Waals surface area contributed by atoms with Crippen molar-refractivity contribution in [2.24, 2.45) is 11.5 Å². The molecule has 5 N–H and O–H groups in total. The molecule has 3 aromatic carbocycles. The molecule has 0 aliphatic carbocycles. The molecule has 12 aromatic rings. The molecule has 2 saturated heterocycles. The van der Waals surface area contributed by atoms with Crippen LogP contribution in [0.15, 0.2) is 147 Å². The van der Waals surface area contributed by atoms with E-state index in [-0.39, 0.29) is 23.7 Å². The summed E-state index contributed by atoms with van der Waals surface area (Å²) in [5.41, 5.74) is 19.3. The molecule has 2 aliphatic rings. The van der Waals surface area contributed by atoms with Gasteiger partial charge in [-0.25, -0.2) is 22.5 Å². The molecule has 20 nitrogen and oxygen atoms in total. The largest absolute Gasteiger partial charge is 0.486 e. The normalized spacial score (nSPS) is 15.9. The fourth-order valence-electron chi connectivity index (χ4n) is 11.9. The summed E-state index contributed by atoms with van der Waals surface area (Å²) in [6, 6.07) is 26.1. The molecular formula is C76H67Cl6F3N14O6. The van der Waals surface area contributed by atoms with Gasteiger partial charge in [0.15, 0.2) is 18.7 Å². The number of nitrogens with zero attached hydrogens (tertiary/aromatic N) is 11. The second-order valence-corrected chi connectivity index (χ2v) is 26.8. The summed E-state index contributed by atoms with van der Waals surface area (Å²) < 4.78 is 79.3. The van der Waals surface area contributed by atoms with E-state index in [0.29, 0.717) is 153 Å². The fourth-order valence-corrected chi connectivity index (χ4v) is 14.0. The summed E-state index contributed by atoms with van der Waals surface area (Å²) in [7, 11) is 0. The van der Waals surface area contributed by atoms with Gasteiger partial charge < -0.3 is 35.2 Å². The third-order valence-electron chi connectivity index (χ3n) is 17.3. The minimum absolute atomic E-state index is 0.216. The number of carbonyl (C=O) groups excluding carboxylic acids is 1. The van der Waals surface area contributed by atoms with Crippen molar-refractivity contribution in [2.75, 3.05) is 13.2 Å². The number of nitrogens with one attached hydrogen (secondary N) is 1. The van der Waals surface area contributed by atoms with E-state index >= 15 is 8.78 Å². The van der Waals surface area contributed by atoms with Crippen molar-refractivity contribution in [1.29, 1.82) is 0 Å². The van der Waals surface area contributed by atoms with Crippen LogP contribution in [0.2, 0.25) is 30.1 Å². The van der Waals surface area contributed by atoms with Gasteiger partial charge in [0.25, 0.3) is 0 Å². The molecule has 105 heavy (non-hydrogen) atoms. The predicted molar refractivity (Wildman–Crippen MR) is 404 cm³/mol. The Hall–Kier alpha value is -9.37. The second-order valence-electron chi connectivity index (χ2n) is 24.4. The lowest BCUT2D eigenvalue weighted by molar-refractivity contribution is -0.0368.